The number of esters is 1. The Hall–Kier alpha value is -1.05. The second kappa shape index (κ2) is 6.35. The summed E-state index contributed by atoms with van der Waals surface area (Å²) in [6.07, 6.45) is 14.4. The van der Waals surface area contributed by atoms with Gasteiger partial charge in [-0.3, -0.25) is 4.79 Å². The molecule has 0 radical (unpaired) electrons. The fourth-order valence-corrected chi connectivity index (χ4v) is 6.07. The Labute approximate surface area is 147 Å². The van der Waals surface area contributed by atoms with Crippen molar-refractivity contribution in [3.63, 3.8) is 0 Å². The molecule has 3 aliphatic carbocycles. The molecule has 0 amide bonds. The van der Waals surface area contributed by atoms with Gasteiger partial charge >= 0.3 is 5.97 Å². The van der Waals surface area contributed by atoms with E-state index >= 15 is 0 Å². The van der Waals surface area contributed by atoms with Gasteiger partial charge < -0.3 is 4.74 Å². The van der Waals surface area contributed by atoms with E-state index in [1.54, 1.807) is 5.57 Å². The van der Waals surface area contributed by atoms with Crippen molar-refractivity contribution in [3.05, 3.63) is 23.8 Å². The van der Waals surface area contributed by atoms with Crippen LogP contribution in [-0.2, 0) is 9.53 Å². The third kappa shape index (κ3) is 2.97. The monoisotopic (exact) mass is 330 g/mol. The number of carbonyl (C=O) groups excluding carboxylic acids is 1. The Bertz CT molecular complexity index is 556. The molecule has 24 heavy (non-hydrogen) atoms. The highest BCUT2D eigenvalue weighted by atomic mass is 16.5. The molecule has 2 heteroatoms. The fraction of sp³-hybridized carbons (Fsp3) is 0.773. The summed E-state index contributed by atoms with van der Waals surface area (Å²) in [6.45, 7) is 11.1. The van der Waals surface area contributed by atoms with E-state index < -0.39 is 0 Å². The van der Waals surface area contributed by atoms with Gasteiger partial charge in [0.2, 0.25) is 0 Å². The van der Waals surface area contributed by atoms with Gasteiger partial charge in [0, 0.05) is 6.92 Å². The molecule has 5 atom stereocenters. The van der Waals surface area contributed by atoms with E-state index in [-0.39, 0.29) is 12.1 Å². The minimum atomic E-state index is -0.123. The quantitative estimate of drug-likeness (QED) is 0.481. The van der Waals surface area contributed by atoms with Gasteiger partial charge in [0.25, 0.3) is 0 Å². The normalized spacial score (nSPS) is 42.8. The molecule has 0 spiro atoms. The first-order chi connectivity index (χ1) is 11.3. The Balaban J connectivity index is 1.80. The highest BCUT2D eigenvalue weighted by molar-refractivity contribution is 5.66. The van der Waals surface area contributed by atoms with Gasteiger partial charge in [-0.15, -0.1) is 0 Å². The molecule has 2 fully saturated rings. The van der Waals surface area contributed by atoms with E-state index in [9.17, 15) is 4.79 Å². The lowest BCUT2D eigenvalue weighted by atomic mass is 9.51. The van der Waals surface area contributed by atoms with Crippen LogP contribution in [0.1, 0.15) is 73.1 Å². The Morgan fingerprint density at radius 1 is 1.25 bits per heavy atom. The van der Waals surface area contributed by atoms with Gasteiger partial charge in [-0.05, 0) is 74.0 Å². The number of allylic oxidation sites excluding steroid dienone is 4. The molecule has 3 aliphatic rings. The average molecular weight is 331 g/mol. The lowest BCUT2D eigenvalue weighted by Gasteiger charge is -2.54. The molecule has 0 aromatic heterocycles. The summed E-state index contributed by atoms with van der Waals surface area (Å²) in [6, 6.07) is 0. The molecule has 0 bridgehead atoms. The molecular formula is C22H34O2. The lowest BCUT2D eigenvalue weighted by molar-refractivity contribution is -0.150. The maximum absolute atomic E-state index is 11.3. The van der Waals surface area contributed by atoms with E-state index in [0.29, 0.717) is 22.7 Å². The van der Waals surface area contributed by atoms with Crippen molar-refractivity contribution in [2.75, 3.05) is 0 Å². The molecule has 0 saturated heterocycles. The van der Waals surface area contributed by atoms with Crippen LogP contribution in [0.3, 0.4) is 0 Å². The number of hydrogen-bond donors (Lipinski definition) is 0. The van der Waals surface area contributed by atoms with Gasteiger partial charge in [0.05, 0.1) is 0 Å². The average Bonchev–Trinajstić information content (AvgIpc) is 2.85. The Morgan fingerprint density at radius 3 is 2.58 bits per heavy atom. The number of carbonyl (C=O) groups is 1. The largest absolute Gasteiger partial charge is 0.463 e. The summed E-state index contributed by atoms with van der Waals surface area (Å²) >= 11 is 0. The van der Waals surface area contributed by atoms with Gasteiger partial charge in [-0.25, -0.2) is 0 Å². The van der Waals surface area contributed by atoms with Crippen LogP contribution in [-0.4, -0.2) is 12.1 Å². The first-order valence-electron chi connectivity index (χ1n) is 9.79. The van der Waals surface area contributed by atoms with Crippen LogP contribution < -0.4 is 0 Å². The van der Waals surface area contributed by atoms with Gasteiger partial charge in [-0.2, -0.15) is 0 Å². The van der Waals surface area contributed by atoms with Crippen LogP contribution in [0.15, 0.2) is 23.8 Å². The maximum atomic E-state index is 11.3. The number of fused-ring (bicyclic) bond motifs is 1. The first-order valence-corrected chi connectivity index (χ1v) is 9.79. The highest BCUT2D eigenvalue weighted by Gasteiger charge is 2.51. The van der Waals surface area contributed by atoms with Crippen molar-refractivity contribution in [1.29, 1.82) is 0 Å². The Morgan fingerprint density at radius 2 is 2.00 bits per heavy atom. The Kier molecular flexibility index (Phi) is 4.70. The second-order valence-electron chi connectivity index (χ2n) is 9.11. The minimum Gasteiger partial charge on any atom is -0.463 e. The fourth-order valence-electron chi connectivity index (χ4n) is 6.07. The smallest absolute Gasteiger partial charge is 0.302 e. The molecule has 0 aliphatic heterocycles. The van der Waals surface area contributed by atoms with Crippen LogP contribution in [0.2, 0.25) is 0 Å². The number of ether oxygens (including phenoxy) is 1. The molecule has 0 aromatic carbocycles. The lowest BCUT2D eigenvalue weighted by Crippen LogP contribution is -2.46. The summed E-state index contributed by atoms with van der Waals surface area (Å²) < 4.78 is 5.55. The molecule has 2 saturated carbocycles. The molecule has 134 valence electrons. The molecule has 0 aromatic rings. The molecule has 0 N–H and O–H groups in total. The van der Waals surface area contributed by atoms with Crippen molar-refractivity contribution in [3.8, 4) is 0 Å². The van der Waals surface area contributed by atoms with Crippen LogP contribution in [0, 0.1) is 28.6 Å². The first kappa shape index (κ1) is 17.8. The third-order valence-electron chi connectivity index (χ3n) is 7.34. The molecule has 2 nitrogen and oxygen atoms in total. The summed E-state index contributed by atoms with van der Waals surface area (Å²) in [5, 5.41) is 0. The van der Waals surface area contributed by atoms with Crippen LogP contribution in [0.4, 0.5) is 0 Å². The van der Waals surface area contributed by atoms with Crippen LogP contribution in [0.25, 0.3) is 0 Å². The van der Waals surface area contributed by atoms with Crippen molar-refractivity contribution in [2.24, 2.45) is 28.6 Å². The van der Waals surface area contributed by atoms with E-state index in [4.69, 9.17) is 4.74 Å². The van der Waals surface area contributed by atoms with Crippen LogP contribution >= 0.6 is 0 Å². The molecule has 0 heterocycles. The van der Waals surface area contributed by atoms with Crippen molar-refractivity contribution in [2.45, 2.75) is 79.2 Å². The summed E-state index contributed by atoms with van der Waals surface area (Å²) in [5.74, 6) is 2.00. The summed E-state index contributed by atoms with van der Waals surface area (Å²) in [5.41, 5.74) is 2.31. The van der Waals surface area contributed by atoms with Crippen molar-refractivity contribution >= 4 is 5.97 Å². The van der Waals surface area contributed by atoms with Gasteiger partial charge in [-0.1, -0.05) is 44.6 Å². The number of rotatable bonds is 2. The molecule has 3 rings (SSSR count). The molecule has 5 unspecified atom stereocenters. The van der Waals surface area contributed by atoms with Crippen molar-refractivity contribution in [1.82, 2.24) is 0 Å². The van der Waals surface area contributed by atoms with Crippen molar-refractivity contribution < 1.29 is 9.53 Å². The topological polar surface area (TPSA) is 26.3 Å². The van der Waals surface area contributed by atoms with E-state index in [2.05, 4.69) is 45.9 Å². The summed E-state index contributed by atoms with van der Waals surface area (Å²) in [7, 11) is 0. The zero-order valence-corrected chi connectivity index (χ0v) is 16.1. The van der Waals surface area contributed by atoms with E-state index in [1.165, 1.54) is 26.2 Å². The van der Waals surface area contributed by atoms with Gasteiger partial charge in [0.1, 0.15) is 6.10 Å². The zero-order chi connectivity index (χ0) is 17.5. The molecular weight excluding hydrogens is 296 g/mol. The van der Waals surface area contributed by atoms with Crippen LogP contribution in [0.5, 0.6) is 0 Å². The predicted octanol–water partition coefficient (Wildman–Crippen LogP) is 5.68. The van der Waals surface area contributed by atoms with Gasteiger partial charge in [0.15, 0.2) is 0 Å². The maximum Gasteiger partial charge on any atom is 0.302 e. The van der Waals surface area contributed by atoms with E-state index in [0.717, 1.165) is 25.2 Å². The standard InChI is InChI=1S/C22H34O2/c1-6-19-18(20-8-7-12-21(20,3)4)10-9-16-14-17(24-15(2)23)11-13-22(16,19)5/h6-7,12,16-18,20H,8-11,13-14H2,1-5H3. The SMILES string of the molecule is CC=C1C(C2CC=CC2(C)C)CCC2CC(OC(C)=O)CCC12C. The third-order valence-corrected chi connectivity index (χ3v) is 7.34. The predicted molar refractivity (Wildman–Crippen MR) is 98.5 cm³/mol. The second-order valence-corrected chi connectivity index (χ2v) is 9.11. The summed E-state index contributed by atoms with van der Waals surface area (Å²) in [4.78, 5) is 11.3. The highest BCUT2D eigenvalue weighted by Crippen LogP contribution is 2.59. The zero-order valence-electron chi connectivity index (χ0n) is 16.1. The van der Waals surface area contributed by atoms with E-state index in [1.807, 2.05) is 0 Å². The number of hydrogen-bond acceptors (Lipinski definition) is 2. The minimum absolute atomic E-state index is 0.123.